The monoisotopic (exact) mass is 462 g/mol. The third kappa shape index (κ3) is 6.74. The van der Waals surface area contributed by atoms with Crippen LogP contribution in [0.2, 0.25) is 0 Å². The smallest absolute Gasteiger partial charge is 0.481 e. The number of alkyl halides is 3. The molecular formula is C24H25F3N2O4. The molecule has 0 aliphatic carbocycles. The van der Waals surface area contributed by atoms with Crippen molar-refractivity contribution >= 4 is 5.97 Å². The molecule has 2 aromatic carbocycles. The number of rotatable bonds is 9. The first-order valence-electron chi connectivity index (χ1n) is 10.4. The molecule has 0 aliphatic rings. The Bertz CT molecular complexity index is 1090. The van der Waals surface area contributed by atoms with Crippen LogP contribution in [0.3, 0.4) is 0 Å². The Kier molecular flexibility index (Phi) is 7.30. The molecule has 0 aliphatic heterocycles. The first kappa shape index (κ1) is 24.2. The number of hydrogen-bond acceptors (Lipinski definition) is 4. The molecule has 1 heterocycles. The summed E-state index contributed by atoms with van der Waals surface area (Å²) in [5, 5.41) is 13.5. The van der Waals surface area contributed by atoms with Gasteiger partial charge in [-0.1, -0.05) is 19.9 Å². The molecule has 0 spiro atoms. The lowest BCUT2D eigenvalue weighted by Crippen LogP contribution is -2.19. The van der Waals surface area contributed by atoms with Crippen molar-refractivity contribution in [3.05, 3.63) is 77.1 Å². The van der Waals surface area contributed by atoms with Crippen LogP contribution < -0.4 is 9.47 Å². The Morgan fingerprint density at radius 1 is 1.09 bits per heavy atom. The van der Waals surface area contributed by atoms with Crippen molar-refractivity contribution in [2.45, 2.75) is 52.1 Å². The lowest BCUT2D eigenvalue weighted by molar-refractivity contribution is -0.274. The van der Waals surface area contributed by atoms with Crippen LogP contribution in [0.25, 0.3) is 0 Å². The highest BCUT2D eigenvalue weighted by Gasteiger charge is 2.31. The number of benzene rings is 2. The predicted octanol–water partition coefficient (Wildman–Crippen LogP) is 5.86. The maximum atomic E-state index is 12.5. The van der Waals surface area contributed by atoms with Crippen molar-refractivity contribution in [1.29, 1.82) is 0 Å². The predicted molar refractivity (Wildman–Crippen MR) is 115 cm³/mol. The Balaban J connectivity index is 1.89. The number of carboxylic acids is 1. The average Bonchev–Trinajstić information content (AvgIpc) is 3.21. The molecule has 0 fully saturated rings. The number of aromatic nitrogens is 2. The molecule has 1 aromatic heterocycles. The fourth-order valence-electron chi connectivity index (χ4n) is 3.29. The third-order valence-electron chi connectivity index (χ3n) is 5.03. The molecule has 1 atom stereocenters. The zero-order valence-corrected chi connectivity index (χ0v) is 18.5. The van der Waals surface area contributed by atoms with Crippen molar-refractivity contribution < 1.29 is 32.5 Å². The van der Waals surface area contributed by atoms with Crippen molar-refractivity contribution in [2.75, 3.05) is 0 Å². The maximum Gasteiger partial charge on any atom is 0.573 e. The number of aryl methyl sites for hydroxylation is 2. The largest absolute Gasteiger partial charge is 0.573 e. The highest BCUT2D eigenvalue weighted by molar-refractivity contribution is 5.67. The molecule has 1 N–H and O–H groups in total. The second kappa shape index (κ2) is 9.97. The summed E-state index contributed by atoms with van der Waals surface area (Å²) in [7, 11) is 0. The summed E-state index contributed by atoms with van der Waals surface area (Å²) in [6.45, 7) is 5.88. The minimum atomic E-state index is -4.77. The van der Waals surface area contributed by atoms with Gasteiger partial charge in [-0.3, -0.25) is 4.79 Å². The molecule has 3 aromatic rings. The lowest BCUT2D eigenvalue weighted by atomic mass is 10.0. The van der Waals surface area contributed by atoms with E-state index in [-0.39, 0.29) is 18.1 Å². The van der Waals surface area contributed by atoms with E-state index in [0.717, 1.165) is 16.8 Å². The van der Waals surface area contributed by atoms with Crippen molar-refractivity contribution in [2.24, 2.45) is 0 Å². The van der Waals surface area contributed by atoms with E-state index in [4.69, 9.17) is 9.84 Å². The minimum Gasteiger partial charge on any atom is -0.481 e. The first-order chi connectivity index (χ1) is 15.5. The number of hydrogen-bond donors (Lipinski definition) is 1. The van der Waals surface area contributed by atoms with Gasteiger partial charge >= 0.3 is 12.3 Å². The molecule has 176 valence electrons. The van der Waals surface area contributed by atoms with E-state index in [0.29, 0.717) is 17.7 Å². The van der Waals surface area contributed by atoms with Gasteiger partial charge in [0.05, 0.1) is 5.69 Å². The van der Waals surface area contributed by atoms with Gasteiger partial charge in [0.1, 0.15) is 11.5 Å². The van der Waals surface area contributed by atoms with E-state index in [2.05, 4.69) is 9.84 Å². The quantitative estimate of drug-likeness (QED) is 0.431. The van der Waals surface area contributed by atoms with E-state index < -0.39 is 18.6 Å². The van der Waals surface area contributed by atoms with E-state index in [9.17, 15) is 18.0 Å². The molecule has 6 nitrogen and oxygen atoms in total. The minimum absolute atomic E-state index is 0.0290. The van der Waals surface area contributed by atoms with Gasteiger partial charge in [0.2, 0.25) is 6.23 Å². The van der Waals surface area contributed by atoms with Crippen molar-refractivity contribution in [3.63, 3.8) is 0 Å². The molecule has 33 heavy (non-hydrogen) atoms. The Hall–Kier alpha value is -3.49. The topological polar surface area (TPSA) is 73.6 Å². The first-order valence-corrected chi connectivity index (χ1v) is 10.4. The molecule has 3 rings (SSSR count). The summed E-state index contributed by atoms with van der Waals surface area (Å²) in [5.41, 5.74) is 3.21. The summed E-state index contributed by atoms with van der Waals surface area (Å²) >= 11 is 0. The van der Waals surface area contributed by atoms with Crippen LogP contribution in [0.1, 0.15) is 54.8 Å². The number of nitrogens with zero attached hydrogens (tertiary/aromatic N) is 2. The van der Waals surface area contributed by atoms with Gasteiger partial charge in [-0.2, -0.15) is 5.10 Å². The summed E-state index contributed by atoms with van der Waals surface area (Å²) < 4.78 is 49.3. The molecule has 0 radical (unpaired) electrons. The number of carbonyl (C=O) groups is 1. The fraction of sp³-hybridized carbons (Fsp3) is 0.333. The number of carboxylic acid groups (broad SMARTS) is 1. The molecule has 9 heteroatoms. The van der Waals surface area contributed by atoms with Gasteiger partial charge < -0.3 is 14.6 Å². The van der Waals surface area contributed by atoms with Crippen molar-refractivity contribution in [3.8, 4) is 11.5 Å². The Morgan fingerprint density at radius 3 is 2.30 bits per heavy atom. The fourth-order valence-corrected chi connectivity index (χ4v) is 3.29. The molecule has 1 unspecified atom stereocenters. The molecule has 0 saturated carbocycles. The van der Waals surface area contributed by atoms with Gasteiger partial charge in [0.25, 0.3) is 0 Å². The SMILES string of the molecule is Cc1cc(OC(c2ccc(OC(F)(F)F)cc2)n2ccc(C(C)C)n2)ccc1CCC(=O)O. The molecule has 0 amide bonds. The van der Waals surface area contributed by atoms with E-state index in [1.54, 1.807) is 23.0 Å². The van der Waals surface area contributed by atoms with Crippen LogP contribution in [0, 0.1) is 6.92 Å². The van der Waals surface area contributed by atoms with Gasteiger partial charge in [-0.05, 0) is 72.9 Å². The van der Waals surface area contributed by atoms with E-state index in [1.807, 2.05) is 32.9 Å². The van der Waals surface area contributed by atoms with Crippen molar-refractivity contribution in [1.82, 2.24) is 9.78 Å². The van der Waals surface area contributed by atoms with E-state index in [1.165, 1.54) is 24.3 Å². The maximum absolute atomic E-state index is 12.5. The van der Waals surface area contributed by atoms with Crippen LogP contribution in [0.4, 0.5) is 13.2 Å². The van der Waals surface area contributed by atoms with Crippen LogP contribution in [0.5, 0.6) is 11.5 Å². The standard InChI is InChI=1S/C24H25F3N2O4/c1-15(2)21-12-13-29(28-21)23(18-5-8-19(9-6-18)33-24(25,26)27)32-20-10-4-17(16(3)14-20)7-11-22(30)31/h4-6,8-10,12-15,23H,7,11H2,1-3H3,(H,30,31). The van der Waals surface area contributed by atoms with Crippen LogP contribution >= 0.6 is 0 Å². The van der Waals surface area contributed by atoms with Gasteiger partial charge in [0.15, 0.2) is 0 Å². The highest BCUT2D eigenvalue weighted by Crippen LogP contribution is 2.29. The molecular weight excluding hydrogens is 437 g/mol. The van der Waals surface area contributed by atoms with Crippen LogP contribution in [0.15, 0.2) is 54.7 Å². The normalized spacial score (nSPS) is 12.6. The summed E-state index contributed by atoms with van der Waals surface area (Å²) in [4.78, 5) is 10.9. The Morgan fingerprint density at radius 2 is 1.76 bits per heavy atom. The average molecular weight is 462 g/mol. The third-order valence-corrected chi connectivity index (χ3v) is 5.03. The second-order valence-electron chi connectivity index (χ2n) is 7.94. The highest BCUT2D eigenvalue weighted by atomic mass is 19.4. The lowest BCUT2D eigenvalue weighted by Gasteiger charge is -2.21. The van der Waals surface area contributed by atoms with Gasteiger partial charge in [-0.25, -0.2) is 4.68 Å². The number of ether oxygens (including phenoxy) is 2. The summed E-state index contributed by atoms with van der Waals surface area (Å²) in [5.74, 6) is -0.488. The summed E-state index contributed by atoms with van der Waals surface area (Å²) in [6, 6.07) is 12.7. The number of halogens is 3. The summed E-state index contributed by atoms with van der Waals surface area (Å²) in [6.07, 6.45) is -3.31. The number of aliphatic carboxylic acids is 1. The molecule has 0 bridgehead atoms. The van der Waals surface area contributed by atoms with Gasteiger partial charge in [0, 0.05) is 18.2 Å². The van der Waals surface area contributed by atoms with Crippen LogP contribution in [-0.2, 0) is 11.2 Å². The zero-order chi connectivity index (χ0) is 24.2. The van der Waals surface area contributed by atoms with E-state index >= 15 is 0 Å². The van der Waals surface area contributed by atoms with Gasteiger partial charge in [-0.15, -0.1) is 13.2 Å². The zero-order valence-electron chi connectivity index (χ0n) is 18.5. The molecule has 0 saturated heterocycles. The Labute approximate surface area is 189 Å². The second-order valence-corrected chi connectivity index (χ2v) is 7.94. The van der Waals surface area contributed by atoms with Crippen LogP contribution in [-0.4, -0.2) is 27.2 Å².